The van der Waals surface area contributed by atoms with Crippen LogP contribution in [0.3, 0.4) is 0 Å². The van der Waals surface area contributed by atoms with Gasteiger partial charge < -0.3 is 9.59 Å². The summed E-state index contributed by atoms with van der Waals surface area (Å²) in [6.45, 7) is 9.63. The molecule has 2 nitrogen and oxygen atoms in total. The van der Waals surface area contributed by atoms with Crippen molar-refractivity contribution >= 4 is 0 Å². The molecule has 27 heavy (non-hydrogen) atoms. The average Bonchev–Trinajstić information content (AvgIpc) is 3.15. The van der Waals surface area contributed by atoms with Crippen molar-refractivity contribution in [1.82, 2.24) is 0 Å². The van der Waals surface area contributed by atoms with Crippen molar-refractivity contribution in [3.63, 3.8) is 0 Å². The third kappa shape index (κ3) is 5.13. The highest BCUT2D eigenvalue weighted by molar-refractivity contribution is 5.43. The van der Waals surface area contributed by atoms with Gasteiger partial charge in [0, 0.05) is 30.7 Å². The molecule has 1 saturated heterocycles. The lowest BCUT2D eigenvalue weighted by Gasteiger charge is -2.36. The van der Waals surface area contributed by atoms with Crippen molar-refractivity contribution < 1.29 is 9.59 Å². The molecule has 2 aromatic carbocycles. The zero-order valence-corrected chi connectivity index (χ0v) is 17.2. The van der Waals surface area contributed by atoms with Gasteiger partial charge in [0.05, 0.1) is 26.2 Å². The fourth-order valence-corrected chi connectivity index (χ4v) is 4.81. The number of aromatic hydroxyl groups is 1. The van der Waals surface area contributed by atoms with Crippen LogP contribution in [0.2, 0.25) is 0 Å². The van der Waals surface area contributed by atoms with Crippen molar-refractivity contribution in [1.29, 1.82) is 0 Å². The van der Waals surface area contributed by atoms with Crippen molar-refractivity contribution in [2.24, 2.45) is 0 Å². The van der Waals surface area contributed by atoms with Crippen LogP contribution in [0.15, 0.2) is 48.5 Å². The van der Waals surface area contributed by atoms with E-state index in [4.69, 9.17) is 0 Å². The molecule has 1 N–H and O–H groups in total. The van der Waals surface area contributed by atoms with Gasteiger partial charge in [-0.2, -0.15) is 0 Å². The molecule has 0 amide bonds. The van der Waals surface area contributed by atoms with Crippen molar-refractivity contribution in [3.8, 4) is 5.75 Å². The zero-order valence-electron chi connectivity index (χ0n) is 17.2. The zero-order chi connectivity index (χ0) is 19.1. The third-order valence-electron chi connectivity index (χ3n) is 6.40. The van der Waals surface area contributed by atoms with Crippen LogP contribution in [-0.4, -0.2) is 35.8 Å². The Hall–Kier alpha value is -1.80. The summed E-state index contributed by atoms with van der Waals surface area (Å²) in [5.74, 6) is 0.710. The summed E-state index contributed by atoms with van der Waals surface area (Å²) < 4.78 is 1.29. The first-order chi connectivity index (χ1) is 13.1. The Morgan fingerprint density at radius 3 is 2.41 bits per heavy atom. The van der Waals surface area contributed by atoms with Gasteiger partial charge in [0.2, 0.25) is 0 Å². The second-order valence-corrected chi connectivity index (χ2v) is 8.46. The first-order valence-corrected chi connectivity index (χ1v) is 10.8. The second kappa shape index (κ2) is 9.41. The molecule has 0 aromatic heterocycles. The molecular weight excluding hydrogens is 330 g/mol. The Morgan fingerprint density at radius 2 is 1.70 bits per heavy atom. The Balaban J connectivity index is 1.82. The summed E-state index contributed by atoms with van der Waals surface area (Å²) >= 11 is 0. The molecule has 1 atom stereocenters. The first-order valence-electron chi connectivity index (χ1n) is 10.8. The summed E-state index contributed by atoms with van der Waals surface area (Å²) in [5.41, 5.74) is 3.63. The molecule has 2 heteroatoms. The highest BCUT2D eigenvalue weighted by Crippen LogP contribution is 2.36. The molecule has 1 aliphatic rings. The molecule has 0 radical (unpaired) electrons. The number of unbranched alkanes of at least 4 members (excludes halogenated alkanes) is 2. The van der Waals surface area contributed by atoms with E-state index in [1.54, 1.807) is 0 Å². The lowest BCUT2D eigenvalue weighted by molar-refractivity contribution is -0.917. The number of hydrogen-bond acceptors (Lipinski definition) is 1. The molecule has 2 aromatic rings. The molecule has 1 unspecified atom stereocenters. The van der Waals surface area contributed by atoms with Crippen LogP contribution in [0.25, 0.3) is 0 Å². The van der Waals surface area contributed by atoms with Gasteiger partial charge in [-0.25, -0.2) is 0 Å². The van der Waals surface area contributed by atoms with Crippen LogP contribution >= 0.6 is 0 Å². The largest absolute Gasteiger partial charge is 0.508 e. The summed E-state index contributed by atoms with van der Waals surface area (Å²) in [4.78, 5) is 0. The van der Waals surface area contributed by atoms with E-state index in [9.17, 15) is 5.11 Å². The standard InChI is InChI=1S/C25H35NO/c1-3-4-8-16-26(17-9-10-18-26)19-15-23(22-11-6-5-7-12-22)24-20-21(2)13-14-25(24)27/h5-7,11-14,20,23H,3-4,8-10,15-19H2,1-2H3/p+1. The van der Waals surface area contributed by atoms with Crippen molar-refractivity contribution in [2.45, 2.75) is 58.3 Å². The van der Waals surface area contributed by atoms with Crippen molar-refractivity contribution in [3.05, 3.63) is 65.2 Å². The van der Waals surface area contributed by atoms with Gasteiger partial charge in [0.15, 0.2) is 0 Å². The molecule has 146 valence electrons. The lowest BCUT2D eigenvalue weighted by atomic mass is 9.86. The van der Waals surface area contributed by atoms with Gasteiger partial charge in [-0.05, 0) is 31.4 Å². The van der Waals surface area contributed by atoms with Crippen LogP contribution < -0.4 is 0 Å². The van der Waals surface area contributed by atoms with Crippen LogP contribution in [0.5, 0.6) is 5.75 Å². The van der Waals surface area contributed by atoms with Gasteiger partial charge in [-0.1, -0.05) is 61.4 Å². The normalized spacial score (nSPS) is 17.1. The highest BCUT2D eigenvalue weighted by Gasteiger charge is 2.32. The predicted molar refractivity (Wildman–Crippen MR) is 114 cm³/mol. The molecule has 3 rings (SSSR count). The number of likely N-dealkylation sites (tertiary alicyclic amines) is 1. The SMILES string of the molecule is CCCCC[N+]1(CCC(c2ccccc2)c2cc(C)ccc2O)CCCC1. The predicted octanol–water partition coefficient (Wildman–Crippen LogP) is 6.02. The van der Waals surface area contributed by atoms with E-state index in [1.165, 1.54) is 73.9 Å². The lowest BCUT2D eigenvalue weighted by Crippen LogP contribution is -2.47. The van der Waals surface area contributed by atoms with E-state index in [0.29, 0.717) is 5.75 Å². The Bertz CT molecular complexity index is 704. The number of nitrogens with zero attached hydrogens (tertiary/aromatic N) is 1. The van der Waals surface area contributed by atoms with E-state index in [-0.39, 0.29) is 5.92 Å². The monoisotopic (exact) mass is 366 g/mol. The van der Waals surface area contributed by atoms with Gasteiger partial charge >= 0.3 is 0 Å². The van der Waals surface area contributed by atoms with Gasteiger partial charge in [0.25, 0.3) is 0 Å². The quantitative estimate of drug-likeness (QED) is 0.425. The van der Waals surface area contributed by atoms with Crippen molar-refractivity contribution in [2.75, 3.05) is 26.2 Å². The van der Waals surface area contributed by atoms with Gasteiger partial charge in [-0.15, -0.1) is 0 Å². The van der Waals surface area contributed by atoms with Crippen LogP contribution in [0.1, 0.15) is 68.1 Å². The molecule has 1 heterocycles. The fourth-order valence-electron chi connectivity index (χ4n) is 4.81. The third-order valence-corrected chi connectivity index (χ3v) is 6.40. The molecule has 1 fully saturated rings. The number of rotatable bonds is 9. The molecule has 0 bridgehead atoms. The molecular formula is C25H36NO+. The average molecular weight is 367 g/mol. The highest BCUT2D eigenvalue weighted by atomic mass is 16.3. The van der Waals surface area contributed by atoms with Gasteiger partial charge in [0.1, 0.15) is 5.75 Å². The van der Waals surface area contributed by atoms with E-state index < -0.39 is 0 Å². The smallest absolute Gasteiger partial charge is 0.119 e. The first kappa shape index (κ1) is 19.9. The minimum absolute atomic E-state index is 0.271. The molecule has 0 aliphatic carbocycles. The molecule has 0 saturated carbocycles. The topological polar surface area (TPSA) is 20.2 Å². The maximum Gasteiger partial charge on any atom is 0.119 e. The number of phenols is 1. The minimum Gasteiger partial charge on any atom is -0.508 e. The van der Waals surface area contributed by atoms with E-state index in [0.717, 1.165) is 12.0 Å². The number of quaternary nitrogens is 1. The fraction of sp³-hybridized carbons (Fsp3) is 0.520. The van der Waals surface area contributed by atoms with Crippen LogP contribution in [0.4, 0.5) is 0 Å². The molecule has 0 spiro atoms. The number of aryl methyl sites for hydroxylation is 1. The van der Waals surface area contributed by atoms with Crippen LogP contribution in [0, 0.1) is 6.92 Å². The summed E-state index contributed by atoms with van der Waals surface area (Å²) in [5, 5.41) is 10.6. The summed E-state index contributed by atoms with van der Waals surface area (Å²) in [7, 11) is 0. The summed E-state index contributed by atoms with van der Waals surface area (Å²) in [6, 6.07) is 16.8. The second-order valence-electron chi connectivity index (χ2n) is 8.46. The minimum atomic E-state index is 0.271. The Kier molecular flexibility index (Phi) is 6.95. The van der Waals surface area contributed by atoms with E-state index >= 15 is 0 Å². The number of hydrogen-bond donors (Lipinski definition) is 1. The van der Waals surface area contributed by atoms with E-state index in [1.807, 2.05) is 12.1 Å². The Labute approximate surface area is 165 Å². The number of phenolic OH excluding ortho intramolecular Hbond substituents is 1. The number of benzene rings is 2. The van der Waals surface area contributed by atoms with E-state index in [2.05, 4.69) is 50.2 Å². The van der Waals surface area contributed by atoms with Crippen LogP contribution in [-0.2, 0) is 0 Å². The molecule has 1 aliphatic heterocycles. The maximum absolute atomic E-state index is 10.6. The van der Waals surface area contributed by atoms with Gasteiger partial charge in [-0.3, -0.25) is 0 Å². The maximum atomic E-state index is 10.6. The Morgan fingerprint density at radius 1 is 0.963 bits per heavy atom. The summed E-state index contributed by atoms with van der Waals surface area (Å²) in [6.07, 6.45) is 7.84.